The summed E-state index contributed by atoms with van der Waals surface area (Å²) in [5, 5.41) is 0. The fourth-order valence-corrected chi connectivity index (χ4v) is 2.47. The molecule has 0 spiro atoms. The van der Waals surface area contributed by atoms with E-state index in [1.54, 1.807) is 7.05 Å². The van der Waals surface area contributed by atoms with Crippen molar-refractivity contribution in [3.8, 4) is 0 Å². The highest BCUT2D eigenvalue weighted by atomic mass is 19.4. The first-order chi connectivity index (χ1) is 9.32. The van der Waals surface area contributed by atoms with Crippen molar-refractivity contribution in [1.29, 1.82) is 0 Å². The lowest BCUT2D eigenvalue weighted by molar-refractivity contribution is -0.138. The third kappa shape index (κ3) is 3.11. The summed E-state index contributed by atoms with van der Waals surface area (Å²) in [6.45, 7) is 1.17. The molecule has 1 aliphatic rings. The highest BCUT2D eigenvalue weighted by molar-refractivity contribution is 5.30. The molecule has 2 rings (SSSR count). The molecular formula is C13H16F4N2O. The van der Waals surface area contributed by atoms with Gasteiger partial charge in [-0.2, -0.15) is 13.2 Å². The van der Waals surface area contributed by atoms with E-state index in [1.807, 2.05) is 4.90 Å². The van der Waals surface area contributed by atoms with Crippen molar-refractivity contribution in [3.63, 3.8) is 0 Å². The Morgan fingerprint density at radius 2 is 2.05 bits per heavy atom. The van der Waals surface area contributed by atoms with Gasteiger partial charge in [-0.15, -0.1) is 0 Å². The minimum absolute atomic E-state index is 0.160. The highest BCUT2D eigenvalue weighted by Crippen LogP contribution is 2.34. The predicted octanol–water partition coefficient (Wildman–Crippen LogP) is 2.17. The molecule has 1 aromatic carbocycles. The third-order valence-corrected chi connectivity index (χ3v) is 3.42. The monoisotopic (exact) mass is 292 g/mol. The summed E-state index contributed by atoms with van der Waals surface area (Å²) < 4.78 is 57.2. The van der Waals surface area contributed by atoms with E-state index in [4.69, 9.17) is 10.5 Å². The molecule has 7 heteroatoms. The lowest BCUT2D eigenvalue weighted by atomic mass is 9.96. The second kappa shape index (κ2) is 5.67. The van der Waals surface area contributed by atoms with Gasteiger partial charge in [0.1, 0.15) is 5.82 Å². The van der Waals surface area contributed by atoms with E-state index in [2.05, 4.69) is 0 Å². The number of nitrogens with two attached hydrogens (primary N) is 1. The zero-order valence-electron chi connectivity index (χ0n) is 11.0. The largest absolute Gasteiger partial charge is 0.416 e. The van der Waals surface area contributed by atoms with Crippen LogP contribution in [-0.2, 0) is 10.9 Å². The van der Waals surface area contributed by atoms with E-state index in [1.165, 1.54) is 0 Å². The second-order valence-corrected chi connectivity index (χ2v) is 4.84. The number of nitrogens with zero attached hydrogens (tertiary/aromatic N) is 1. The molecule has 1 saturated heterocycles. The van der Waals surface area contributed by atoms with Gasteiger partial charge in [-0.25, -0.2) is 4.39 Å². The summed E-state index contributed by atoms with van der Waals surface area (Å²) in [5.41, 5.74) is 4.82. The summed E-state index contributed by atoms with van der Waals surface area (Å²) >= 11 is 0. The standard InChI is InChI=1S/C13H16F4N2O/c1-19-2-3-20-11(7-18)12(19)8-4-9(13(15,16)17)6-10(14)5-8/h4-6,11-12H,2-3,7,18H2,1H3. The van der Waals surface area contributed by atoms with E-state index < -0.39 is 29.7 Å². The number of morpholine rings is 1. The number of hydrogen-bond acceptors (Lipinski definition) is 3. The summed E-state index contributed by atoms with van der Waals surface area (Å²) in [6.07, 6.45) is -5.03. The quantitative estimate of drug-likeness (QED) is 0.849. The van der Waals surface area contributed by atoms with Crippen LogP contribution in [0.4, 0.5) is 17.6 Å². The normalized spacial score (nSPS) is 24.9. The number of halogens is 4. The average molecular weight is 292 g/mol. The maximum absolute atomic E-state index is 13.5. The maximum Gasteiger partial charge on any atom is 0.416 e. The van der Waals surface area contributed by atoms with E-state index >= 15 is 0 Å². The molecule has 0 bridgehead atoms. The average Bonchev–Trinajstić information content (AvgIpc) is 2.36. The van der Waals surface area contributed by atoms with E-state index in [0.29, 0.717) is 19.2 Å². The third-order valence-electron chi connectivity index (χ3n) is 3.42. The molecule has 0 aromatic heterocycles. The van der Waals surface area contributed by atoms with Gasteiger partial charge in [0.05, 0.1) is 24.3 Å². The van der Waals surface area contributed by atoms with Crippen LogP contribution in [0.3, 0.4) is 0 Å². The molecule has 0 saturated carbocycles. The van der Waals surface area contributed by atoms with Crippen molar-refractivity contribution in [2.75, 3.05) is 26.7 Å². The topological polar surface area (TPSA) is 38.5 Å². The first-order valence-corrected chi connectivity index (χ1v) is 6.22. The zero-order chi connectivity index (χ0) is 14.9. The van der Waals surface area contributed by atoms with Crippen molar-refractivity contribution < 1.29 is 22.3 Å². The van der Waals surface area contributed by atoms with Gasteiger partial charge in [-0.1, -0.05) is 0 Å². The van der Waals surface area contributed by atoms with Crippen LogP contribution < -0.4 is 5.73 Å². The Labute approximate surface area is 114 Å². The molecule has 2 atom stereocenters. The molecule has 2 unspecified atom stereocenters. The van der Waals surface area contributed by atoms with Crippen LogP contribution in [0.1, 0.15) is 17.2 Å². The number of ether oxygens (including phenoxy) is 1. The van der Waals surface area contributed by atoms with Crippen molar-refractivity contribution in [3.05, 3.63) is 35.1 Å². The van der Waals surface area contributed by atoms with Gasteiger partial charge in [0.2, 0.25) is 0 Å². The molecule has 3 nitrogen and oxygen atoms in total. The summed E-state index contributed by atoms with van der Waals surface area (Å²) in [4.78, 5) is 1.83. The summed E-state index contributed by atoms with van der Waals surface area (Å²) in [7, 11) is 1.76. The fraction of sp³-hybridized carbons (Fsp3) is 0.538. The molecule has 112 valence electrons. The van der Waals surface area contributed by atoms with Crippen molar-refractivity contribution in [1.82, 2.24) is 4.90 Å². The molecule has 0 aliphatic carbocycles. The van der Waals surface area contributed by atoms with Gasteiger partial charge >= 0.3 is 6.18 Å². The Hall–Kier alpha value is -1.18. The van der Waals surface area contributed by atoms with Gasteiger partial charge in [0.25, 0.3) is 0 Å². The van der Waals surface area contributed by atoms with E-state index in [-0.39, 0.29) is 12.1 Å². The molecule has 1 heterocycles. The minimum Gasteiger partial charge on any atom is -0.374 e. The molecule has 1 aliphatic heterocycles. The fourth-order valence-electron chi connectivity index (χ4n) is 2.47. The summed E-state index contributed by atoms with van der Waals surface area (Å²) in [6, 6.07) is 2.07. The number of rotatable bonds is 2. The Morgan fingerprint density at radius 3 is 2.65 bits per heavy atom. The van der Waals surface area contributed by atoms with Crippen molar-refractivity contribution >= 4 is 0 Å². The van der Waals surface area contributed by atoms with Crippen LogP contribution in [0.5, 0.6) is 0 Å². The zero-order valence-corrected chi connectivity index (χ0v) is 11.0. The van der Waals surface area contributed by atoms with Gasteiger partial charge in [0.15, 0.2) is 0 Å². The predicted molar refractivity (Wildman–Crippen MR) is 65.6 cm³/mol. The molecule has 1 fully saturated rings. The first kappa shape index (κ1) is 15.2. The molecular weight excluding hydrogens is 276 g/mol. The number of alkyl halides is 3. The van der Waals surface area contributed by atoms with Crippen molar-refractivity contribution in [2.24, 2.45) is 5.73 Å². The van der Waals surface area contributed by atoms with Crippen LogP contribution in [0.15, 0.2) is 18.2 Å². The lowest BCUT2D eigenvalue weighted by Gasteiger charge is -2.39. The Kier molecular flexibility index (Phi) is 4.31. The lowest BCUT2D eigenvalue weighted by Crippen LogP contribution is -2.46. The van der Waals surface area contributed by atoms with E-state index in [9.17, 15) is 17.6 Å². The van der Waals surface area contributed by atoms with Crippen LogP contribution in [0.25, 0.3) is 0 Å². The first-order valence-electron chi connectivity index (χ1n) is 6.22. The van der Waals surface area contributed by atoms with Gasteiger partial charge < -0.3 is 10.5 Å². The van der Waals surface area contributed by atoms with Crippen LogP contribution in [0, 0.1) is 5.82 Å². The molecule has 0 amide bonds. The van der Waals surface area contributed by atoms with Crippen LogP contribution in [-0.4, -0.2) is 37.7 Å². The molecule has 0 radical (unpaired) electrons. The number of hydrogen-bond donors (Lipinski definition) is 1. The Bertz CT molecular complexity index is 478. The van der Waals surface area contributed by atoms with Crippen LogP contribution in [0.2, 0.25) is 0 Å². The van der Waals surface area contributed by atoms with Gasteiger partial charge in [-0.05, 0) is 30.8 Å². The summed E-state index contributed by atoms with van der Waals surface area (Å²) in [5.74, 6) is -0.912. The molecule has 1 aromatic rings. The number of likely N-dealkylation sites (N-methyl/N-ethyl adjacent to an activating group) is 1. The van der Waals surface area contributed by atoms with Crippen molar-refractivity contribution in [2.45, 2.75) is 18.3 Å². The Balaban J connectivity index is 2.42. The Morgan fingerprint density at radius 1 is 1.35 bits per heavy atom. The molecule has 2 N–H and O–H groups in total. The molecule has 20 heavy (non-hydrogen) atoms. The van der Waals surface area contributed by atoms with E-state index in [0.717, 1.165) is 12.1 Å². The van der Waals surface area contributed by atoms with Gasteiger partial charge in [0, 0.05) is 13.1 Å². The minimum atomic E-state index is -4.58. The van der Waals surface area contributed by atoms with Gasteiger partial charge in [-0.3, -0.25) is 4.90 Å². The highest BCUT2D eigenvalue weighted by Gasteiger charge is 2.35. The smallest absolute Gasteiger partial charge is 0.374 e. The SMILES string of the molecule is CN1CCOC(CN)C1c1cc(F)cc(C(F)(F)F)c1. The second-order valence-electron chi connectivity index (χ2n) is 4.84. The number of benzene rings is 1. The van der Waals surface area contributed by atoms with Crippen LogP contribution >= 0.6 is 0 Å². The maximum atomic E-state index is 13.5.